The topological polar surface area (TPSA) is 51.2 Å². The molecule has 0 N–H and O–H groups in total. The number of hydrogen-bond acceptors (Lipinski definition) is 3. The molecule has 0 fully saturated rings. The molecular formula is C22H26O3. The van der Waals surface area contributed by atoms with Crippen molar-refractivity contribution in [1.29, 1.82) is 0 Å². The maximum atomic E-state index is 12.6. The average molecular weight is 338 g/mol. The maximum Gasteiger partial charge on any atom is 0.163 e. The molecule has 3 nitrogen and oxygen atoms in total. The van der Waals surface area contributed by atoms with Gasteiger partial charge in [-0.15, -0.1) is 0 Å². The lowest BCUT2D eigenvalue weighted by atomic mass is 9.90. The summed E-state index contributed by atoms with van der Waals surface area (Å²) in [7, 11) is 0. The Morgan fingerprint density at radius 1 is 0.680 bits per heavy atom. The van der Waals surface area contributed by atoms with E-state index in [1.165, 1.54) is 0 Å². The summed E-state index contributed by atoms with van der Waals surface area (Å²) in [6.45, 7) is 5.89. The van der Waals surface area contributed by atoms with Crippen LogP contribution in [-0.4, -0.2) is 17.3 Å². The van der Waals surface area contributed by atoms with Crippen LogP contribution in [0.25, 0.3) is 10.8 Å². The van der Waals surface area contributed by atoms with E-state index < -0.39 is 0 Å². The molecular weight excluding hydrogens is 312 g/mol. The molecule has 0 heterocycles. The highest BCUT2D eigenvalue weighted by atomic mass is 16.1. The van der Waals surface area contributed by atoms with Crippen molar-refractivity contribution in [2.45, 2.75) is 59.3 Å². The zero-order valence-electron chi connectivity index (χ0n) is 15.4. The number of benzene rings is 2. The highest BCUT2D eigenvalue weighted by Gasteiger charge is 2.18. The third-order valence-electron chi connectivity index (χ3n) is 4.35. The normalized spacial score (nSPS) is 10.8. The maximum absolute atomic E-state index is 12.6. The van der Waals surface area contributed by atoms with Crippen molar-refractivity contribution >= 4 is 28.1 Å². The predicted molar refractivity (Wildman–Crippen MR) is 102 cm³/mol. The zero-order chi connectivity index (χ0) is 18.4. The Morgan fingerprint density at radius 2 is 1.24 bits per heavy atom. The first kappa shape index (κ1) is 19.0. The molecule has 0 aromatic heterocycles. The Balaban J connectivity index is 2.72. The first-order chi connectivity index (χ1) is 12.0. The number of carbonyl (C=O) groups is 3. The van der Waals surface area contributed by atoms with Crippen LogP contribution < -0.4 is 0 Å². The van der Waals surface area contributed by atoms with Crippen molar-refractivity contribution in [3.05, 3.63) is 47.0 Å². The van der Waals surface area contributed by atoms with Crippen molar-refractivity contribution in [2.75, 3.05) is 0 Å². The van der Waals surface area contributed by atoms with Crippen molar-refractivity contribution < 1.29 is 14.4 Å². The lowest BCUT2D eigenvalue weighted by molar-refractivity contribution is 0.0970. The minimum Gasteiger partial charge on any atom is -0.294 e. The number of hydrogen-bond donors (Lipinski definition) is 0. The highest BCUT2D eigenvalue weighted by Crippen LogP contribution is 2.28. The molecule has 2 aromatic carbocycles. The largest absolute Gasteiger partial charge is 0.294 e. The number of ketones is 3. The molecule has 0 bridgehead atoms. The first-order valence-corrected chi connectivity index (χ1v) is 9.19. The van der Waals surface area contributed by atoms with Crippen molar-refractivity contribution in [2.24, 2.45) is 0 Å². The summed E-state index contributed by atoms with van der Waals surface area (Å²) in [6, 6.07) is 8.99. The molecule has 0 aliphatic heterocycles. The smallest absolute Gasteiger partial charge is 0.163 e. The van der Waals surface area contributed by atoms with Gasteiger partial charge in [-0.25, -0.2) is 0 Å². The van der Waals surface area contributed by atoms with Gasteiger partial charge in [-0.2, -0.15) is 0 Å². The van der Waals surface area contributed by atoms with Gasteiger partial charge >= 0.3 is 0 Å². The molecule has 0 saturated heterocycles. The second-order valence-corrected chi connectivity index (χ2v) is 6.44. The van der Waals surface area contributed by atoms with Gasteiger partial charge in [-0.3, -0.25) is 14.4 Å². The van der Waals surface area contributed by atoms with E-state index in [-0.39, 0.29) is 17.3 Å². The van der Waals surface area contributed by atoms with Gasteiger partial charge in [-0.05, 0) is 42.2 Å². The molecule has 0 unspecified atom stereocenters. The lowest BCUT2D eigenvalue weighted by Crippen LogP contribution is -2.07. The third-order valence-corrected chi connectivity index (χ3v) is 4.35. The predicted octanol–water partition coefficient (Wildman–Crippen LogP) is 5.79. The standard InChI is InChI=1S/C22H26O3/c1-4-8-20(23)15-13-18-16(19(14-15)22(25)10-6-3)11-7-12-17(18)21(24)9-5-2/h7,11-14H,4-6,8-10H2,1-3H3. The fourth-order valence-electron chi connectivity index (χ4n) is 3.12. The molecule has 0 atom stereocenters. The van der Waals surface area contributed by atoms with Crippen LogP contribution in [-0.2, 0) is 0 Å². The molecule has 2 rings (SSSR count). The number of Topliss-reactive ketones (excluding diaryl/α,β-unsaturated/α-hetero) is 3. The minimum absolute atomic E-state index is 0.0210. The summed E-state index contributed by atoms with van der Waals surface area (Å²) in [6.07, 6.45) is 3.62. The van der Waals surface area contributed by atoms with E-state index in [1.54, 1.807) is 18.2 Å². The Bertz CT molecular complexity index is 802. The second-order valence-electron chi connectivity index (χ2n) is 6.44. The van der Waals surface area contributed by atoms with E-state index >= 15 is 0 Å². The quantitative estimate of drug-likeness (QED) is 0.544. The van der Waals surface area contributed by atoms with Gasteiger partial charge in [0.2, 0.25) is 0 Å². The molecule has 25 heavy (non-hydrogen) atoms. The van der Waals surface area contributed by atoms with E-state index in [0.717, 1.165) is 30.0 Å². The van der Waals surface area contributed by atoms with Gasteiger partial charge in [0.05, 0.1) is 0 Å². The highest BCUT2D eigenvalue weighted by molar-refractivity contribution is 6.16. The summed E-state index contributed by atoms with van der Waals surface area (Å²) in [5, 5.41) is 1.50. The van der Waals surface area contributed by atoms with Crippen LogP contribution in [0.4, 0.5) is 0 Å². The Labute approximate surface area is 149 Å². The van der Waals surface area contributed by atoms with E-state index in [4.69, 9.17) is 0 Å². The Morgan fingerprint density at radius 3 is 1.84 bits per heavy atom. The molecule has 3 heteroatoms. The van der Waals surface area contributed by atoms with Gasteiger partial charge < -0.3 is 0 Å². The molecule has 0 spiro atoms. The minimum atomic E-state index is 0.0210. The average Bonchev–Trinajstić information content (AvgIpc) is 2.60. The van der Waals surface area contributed by atoms with Gasteiger partial charge in [0.25, 0.3) is 0 Å². The van der Waals surface area contributed by atoms with Crippen molar-refractivity contribution in [3.63, 3.8) is 0 Å². The molecule has 0 aliphatic rings. The molecule has 0 amide bonds. The van der Waals surface area contributed by atoms with Crippen LogP contribution >= 0.6 is 0 Å². The van der Waals surface area contributed by atoms with Gasteiger partial charge in [0.15, 0.2) is 17.3 Å². The van der Waals surface area contributed by atoms with Crippen LogP contribution in [0.3, 0.4) is 0 Å². The van der Waals surface area contributed by atoms with Crippen LogP contribution in [0, 0.1) is 0 Å². The lowest BCUT2D eigenvalue weighted by Gasteiger charge is -2.12. The van der Waals surface area contributed by atoms with Crippen LogP contribution in [0.5, 0.6) is 0 Å². The molecule has 0 saturated carbocycles. The molecule has 0 aliphatic carbocycles. The summed E-state index contributed by atoms with van der Waals surface area (Å²) >= 11 is 0. The fourth-order valence-corrected chi connectivity index (χ4v) is 3.12. The van der Waals surface area contributed by atoms with E-state index in [1.807, 2.05) is 32.9 Å². The van der Waals surface area contributed by atoms with Gasteiger partial charge in [0, 0.05) is 36.0 Å². The first-order valence-electron chi connectivity index (χ1n) is 9.19. The van der Waals surface area contributed by atoms with Crippen LogP contribution in [0.1, 0.15) is 90.4 Å². The number of carbonyl (C=O) groups excluding carboxylic acids is 3. The Kier molecular flexibility index (Phi) is 6.63. The fraction of sp³-hybridized carbons (Fsp3) is 0.409. The van der Waals surface area contributed by atoms with Gasteiger partial charge in [-0.1, -0.05) is 39.0 Å². The summed E-state index contributed by atoms with van der Waals surface area (Å²) < 4.78 is 0. The van der Waals surface area contributed by atoms with E-state index in [0.29, 0.717) is 36.0 Å². The number of fused-ring (bicyclic) bond motifs is 1. The van der Waals surface area contributed by atoms with Gasteiger partial charge in [0.1, 0.15) is 0 Å². The van der Waals surface area contributed by atoms with E-state index in [9.17, 15) is 14.4 Å². The van der Waals surface area contributed by atoms with E-state index in [2.05, 4.69) is 0 Å². The summed E-state index contributed by atoms with van der Waals surface area (Å²) in [5.74, 6) is 0.105. The SMILES string of the molecule is CCCC(=O)c1cc(C(=O)CCC)c2cccc(C(=O)CCC)c2c1. The second kappa shape index (κ2) is 8.70. The van der Waals surface area contributed by atoms with Crippen LogP contribution in [0.15, 0.2) is 30.3 Å². The Hall–Kier alpha value is -2.29. The monoisotopic (exact) mass is 338 g/mol. The third kappa shape index (κ3) is 4.22. The molecule has 0 radical (unpaired) electrons. The zero-order valence-corrected chi connectivity index (χ0v) is 15.4. The van der Waals surface area contributed by atoms with Crippen molar-refractivity contribution in [3.8, 4) is 0 Å². The van der Waals surface area contributed by atoms with Crippen molar-refractivity contribution in [1.82, 2.24) is 0 Å². The molecule has 132 valence electrons. The van der Waals surface area contributed by atoms with Crippen LogP contribution in [0.2, 0.25) is 0 Å². The summed E-state index contributed by atoms with van der Waals surface area (Å²) in [4.78, 5) is 37.5. The summed E-state index contributed by atoms with van der Waals surface area (Å²) in [5.41, 5.74) is 1.70. The number of rotatable bonds is 9. The molecule has 2 aromatic rings.